The van der Waals surface area contributed by atoms with E-state index in [9.17, 15) is 14.9 Å². The highest BCUT2D eigenvalue weighted by atomic mass is 16.6. The van der Waals surface area contributed by atoms with Crippen molar-refractivity contribution in [1.29, 1.82) is 5.26 Å². The number of esters is 1. The Morgan fingerprint density at radius 3 is 2.68 bits per heavy atom. The van der Waals surface area contributed by atoms with Crippen molar-refractivity contribution in [1.82, 2.24) is 4.90 Å². The van der Waals surface area contributed by atoms with Crippen molar-refractivity contribution < 1.29 is 19.1 Å². The molecule has 0 bridgehead atoms. The van der Waals surface area contributed by atoms with Crippen LogP contribution in [0.4, 0.5) is 0 Å². The van der Waals surface area contributed by atoms with E-state index >= 15 is 0 Å². The molecule has 2 rings (SSSR count). The van der Waals surface area contributed by atoms with E-state index in [1.165, 1.54) is 7.11 Å². The minimum Gasteiger partial charge on any atom is -0.467 e. The summed E-state index contributed by atoms with van der Waals surface area (Å²) in [6, 6.07) is 2.18. The SMILES string of the molecule is COC(=O)C1CN(C(=O)C2(C#N)CCCC2)CCO1. The van der Waals surface area contributed by atoms with Crippen LogP contribution in [-0.2, 0) is 19.1 Å². The lowest BCUT2D eigenvalue weighted by molar-refractivity contribution is -0.164. The van der Waals surface area contributed by atoms with Crippen LogP contribution in [0.2, 0.25) is 0 Å². The Morgan fingerprint density at radius 1 is 1.42 bits per heavy atom. The van der Waals surface area contributed by atoms with Gasteiger partial charge in [0.2, 0.25) is 5.91 Å². The molecule has 2 fully saturated rings. The van der Waals surface area contributed by atoms with Crippen LogP contribution in [0.25, 0.3) is 0 Å². The van der Waals surface area contributed by atoms with Gasteiger partial charge in [0.05, 0.1) is 26.3 Å². The average Bonchev–Trinajstić information content (AvgIpc) is 2.96. The van der Waals surface area contributed by atoms with E-state index < -0.39 is 17.5 Å². The first-order chi connectivity index (χ1) is 9.13. The van der Waals surface area contributed by atoms with Crippen molar-refractivity contribution in [2.45, 2.75) is 31.8 Å². The number of hydrogen-bond acceptors (Lipinski definition) is 5. The lowest BCUT2D eigenvalue weighted by Gasteiger charge is -2.35. The van der Waals surface area contributed by atoms with Crippen LogP contribution in [0.1, 0.15) is 25.7 Å². The van der Waals surface area contributed by atoms with Gasteiger partial charge in [0, 0.05) is 6.54 Å². The first-order valence-corrected chi connectivity index (χ1v) is 6.53. The standard InChI is InChI=1S/C13H18N2O4/c1-18-11(16)10-8-15(6-7-19-10)12(17)13(9-14)4-2-3-5-13/h10H,2-8H2,1H3. The van der Waals surface area contributed by atoms with Gasteiger partial charge in [-0.2, -0.15) is 5.26 Å². The fourth-order valence-corrected chi connectivity index (χ4v) is 2.76. The number of amides is 1. The molecule has 1 unspecified atom stereocenters. The van der Waals surface area contributed by atoms with Crippen LogP contribution in [0, 0.1) is 16.7 Å². The van der Waals surface area contributed by atoms with E-state index in [0.29, 0.717) is 26.0 Å². The molecule has 2 aliphatic rings. The fraction of sp³-hybridized carbons (Fsp3) is 0.769. The number of rotatable bonds is 2. The second-order valence-electron chi connectivity index (χ2n) is 5.03. The summed E-state index contributed by atoms with van der Waals surface area (Å²) in [6.07, 6.45) is 2.30. The van der Waals surface area contributed by atoms with Gasteiger partial charge in [-0.3, -0.25) is 4.79 Å². The minimum atomic E-state index is -0.891. The molecule has 1 saturated heterocycles. The fourth-order valence-electron chi connectivity index (χ4n) is 2.76. The van der Waals surface area contributed by atoms with Crippen LogP contribution in [0.5, 0.6) is 0 Å². The van der Waals surface area contributed by atoms with Gasteiger partial charge in [-0.25, -0.2) is 4.79 Å². The van der Waals surface area contributed by atoms with Gasteiger partial charge in [-0.1, -0.05) is 12.8 Å². The third-order valence-electron chi connectivity index (χ3n) is 3.90. The summed E-state index contributed by atoms with van der Waals surface area (Å²) in [7, 11) is 1.29. The molecular weight excluding hydrogens is 248 g/mol. The maximum atomic E-state index is 12.5. The topological polar surface area (TPSA) is 79.6 Å². The van der Waals surface area contributed by atoms with Crippen molar-refractivity contribution in [3.8, 4) is 6.07 Å². The summed E-state index contributed by atoms with van der Waals surface area (Å²) in [4.78, 5) is 25.5. The van der Waals surface area contributed by atoms with E-state index in [0.717, 1.165) is 12.8 Å². The quantitative estimate of drug-likeness (QED) is 0.679. The molecule has 1 amide bonds. The van der Waals surface area contributed by atoms with E-state index in [1.54, 1.807) is 4.90 Å². The summed E-state index contributed by atoms with van der Waals surface area (Å²) in [5, 5.41) is 9.32. The normalized spacial score (nSPS) is 25.7. The molecular formula is C13H18N2O4. The van der Waals surface area contributed by atoms with Gasteiger partial charge in [0.1, 0.15) is 5.41 Å². The highest BCUT2D eigenvalue weighted by Crippen LogP contribution is 2.39. The Balaban J connectivity index is 2.07. The van der Waals surface area contributed by atoms with Gasteiger partial charge < -0.3 is 14.4 Å². The minimum absolute atomic E-state index is 0.162. The zero-order chi connectivity index (χ0) is 13.9. The molecule has 6 heteroatoms. The molecule has 0 N–H and O–H groups in total. The lowest BCUT2D eigenvalue weighted by Crippen LogP contribution is -2.52. The van der Waals surface area contributed by atoms with Gasteiger partial charge in [-0.05, 0) is 12.8 Å². The Labute approximate surface area is 112 Å². The molecule has 0 aromatic carbocycles. The van der Waals surface area contributed by atoms with Crippen molar-refractivity contribution in [2.75, 3.05) is 26.8 Å². The van der Waals surface area contributed by atoms with Crippen LogP contribution in [0.15, 0.2) is 0 Å². The third kappa shape index (κ3) is 2.56. The first kappa shape index (κ1) is 13.8. The highest BCUT2D eigenvalue weighted by Gasteiger charge is 2.45. The summed E-state index contributed by atoms with van der Waals surface area (Å²) in [6.45, 7) is 0.901. The second kappa shape index (κ2) is 5.57. The molecule has 1 atom stereocenters. The molecule has 1 heterocycles. The molecule has 1 aliphatic heterocycles. The van der Waals surface area contributed by atoms with Crippen molar-refractivity contribution >= 4 is 11.9 Å². The van der Waals surface area contributed by atoms with Crippen LogP contribution in [0.3, 0.4) is 0 Å². The largest absolute Gasteiger partial charge is 0.467 e. The molecule has 0 aromatic heterocycles. The summed E-state index contributed by atoms with van der Waals surface area (Å²) >= 11 is 0. The zero-order valence-electron chi connectivity index (χ0n) is 11.1. The maximum Gasteiger partial charge on any atom is 0.336 e. The van der Waals surface area contributed by atoms with E-state index in [2.05, 4.69) is 10.8 Å². The third-order valence-corrected chi connectivity index (χ3v) is 3.90. The average molecular weight is 266 g/mol. The van der Waals surface area contributed by atoms with Crippen molar-refractivity contribution in [3.05, 3.63) is 0 Å². The van der Waals surface area contributed by atoms with Gasteiger partial charge in [0.25, 0.3) is 0 Å². The summed E-state index contributed by atoms with van der Waals surface area (Å²) < 4.78 is 9.92. The van der Waals surface area contributed by atoms with Gasteiger partial charge in [0.15, 0.2) is 6.10 Å². The molecule has 104 valence electrons. The van der Waals surface area contributed by atoms with Gasteiger partial charge in [-0.15, -0.1) is 0 Å². The summed E-state index contributed by atoms with van der Waals surface area (Å²) in [5.41, 5.74) is -0.891. The Kier molecular flexibility index (Phi) is 4.05. The van der Waals surface area contributed by atoms with E-state index in [4.69, 9.17) is 4.74 Å². The second-order valence-corrected chi connectivity index (χ2v) is 5.03. The molecule has 1 saturated carbocycles. The molecule has 0 aromatic rings. The Morgan fingerprint density at radius 2 is 2.11 bits per heavy atom. The lowest BCUT2D eigenvalue weighted by atomic mass is 9.86. The van der Waals surface area contributed by atoms with Crippen LogP contribution < -0.4 is 0 Å². The molecule has 19 heavy (non-hydrogen) atoms. The zero-order valence-corrected chi connectivity index (χ0v) is 11.1. The van der Waals surface area contributed by atoms with Crippen molar-refractivity contribution in [2.24, 2.45) is 5.41 Å². The van der Waals surface area contributed by atoms with Crippen molar-refractivity contribution in [3.63, 3.8) is 0 Å². The van der Waals surface area contributed by atoms with Gasteiger partial charge >= 0.3 is 5.97 Å². The number of nitriles is 1. The van der Waals surface area contributed by atoms with Crippen LogP contribution >= 0.6 is 0 Å². The number of nitrogens with zero attached hydrogens (tertiary/aromatic N) is 2. The smallest absolute Gasteiger partial charge is 0.336 e. The molecule has 0 radical (unpaired) electrons. The Hall–Kier alpha value is -1.61. The molecule has 0 spiro atoms. The number of ether oxygens (including phenoxy) is 2. The predicted octanol–water partition coefficient (Wildman–Crippen LogP) is 0.471. The number of carbonyl (C=O) groups excluding carboxylic acids is 2. The van der Waals surface area contributed by atoms with Crippen LogP contribution in [-0.4, -0.2) is 49.7 Å². The number of carbonyl (C=O) groups is 2. The Bertz CT molecular complexity index is 409. The number of morpholine rings is 1. The van der Waals surface area contributed by atoms with E-state index in [-0.39, 0.29) is 12.5 Å². The molecule has 1 aliphatic carbocycles. The monoisotopic (exact) mass is 266 g/mol. The highest BCUT2D eigenvalue weighted by molar-refractivity contribution is 5.86. The van der Waals surface area contributed by atoms with E-state index in [1.807, 2.05) is 0 Å². The number of hydrogen-bond donors (Lipinski definition) is 0. The predicted molar refractivity (Wildman–Crippen MR) is 64.9 cm³/mol. The summed E-state index contributed by atoms with van der Waals surface area (Å²) in [5.74, 6) is -0.639. The number of methoxy groups -OCH3 is 1. The maximum absolute atomic E-state index is 12.5. The first-order valence-electron chi connectivity index (χ1n) is 6.53. The molecule has 6 nitrogen and oxygen atoms in total.